The standard InChI is InChI=1S/C18H48N2Si4/c1-21(2)18-19(22(3,4)5)16-14-12-13-15-17-20(23(6,7)8)24(9,10)11/h21H,12-18H2,1-11H3. The van der Waals surface area contributed by atoms with Crippen molar-refractivity contribution in [3.63, 3.8) is 0 Å². The largest absolute Gasteiger partial charge is 0.346 e. The topological polar surface area (TPSA) is 6.48 Å². The van der Waals surface area contributed by atoms with Gasteiger partial charge < -0.3 is 8.80 Å². The predicted octanol–water partition coefficient (Wildman–Crippen LogP) is 5.68. The van der Waals surface area contributed by atoms with Crippen LogP contribution in [0.5, 0.6) is 0 Å². The van der Waals surface area contributed by atoms with E-state index in [2.05, 4.69) is 80.8 Å². The minimum atomic E-state index is -1.15. The molecule has 0 aliphatic rings. The van der Waals surface area contributed by atoms with Crippen LogP contribution in [-0.4, -0.2) is 61.6 Å². The lowest BCUT2D eigenvalue weighted by Crippen LogP contribution is -2.59. The molecular formula is C18H48N2Si4. The van der Waals surface area contributed by atoms with Crippen molar-refractivity contribution in [3.05, 3.63) is 0 Å². The minimum absolute atomic E-state index is 0.482. The molecule has 0 spiro atoms. The van der Waals surface area contributed by atoms with Crippen molar-refractivity contribution in [1.29, 1.82) is 0 Å². The molecule has 0 saturated carbocycles. The molecule has 0 aliphatic heterocycles. The minimum Gasteiger partial charge on any atom is -0.346 e. The van der Waals surface area contributed by atoms with Crippen molar-refractivity contribution in [3.8, 4) is 0 Å². The van der Waals surface area contributed by atoms with Crippen molar-refractivity contribution in [2.75, 3.05) is 19.3 Å². The second-order valence-corrected chi connectivity index (χ2v) is 29.3. The summed E-state index contributed by atoms with van der Waals surface area (Å²) in [6, 6.07) is 0. The van der Waals surface area contributed by atoms with Crippen LogP contribution in [0.2, 0.25) is 72.0 Å². The lowest BCUT2D eigenvalue weighted by molar-refractivity contribution is 0.446. The molecule has 0 N–H and O–H groups in total. The van der Waals surface area contributed by atoms with Gasteiger partial charge in [0.05, 0.1) is 0 Å². The molecule has 0 aromatic carbocycles. The van der Waals surface area contributed by atoms with Crippen LogP contribution in [0.4, 0.5) is 0 Å². The highest BCUT2D eigenvalue weighted by atomic mass is 28.4. The molecule has 0 unspecified atom stereocenters. The van der Waals surface area contributed by atoms with E-state index in [9.17, 15) is 0 Å². The Morgan fingerprint density at radius 3 is 1.33 bits per heavy atom. The molecule has 0 rings (SSSR count). The third kappa shape index (κ3) is 10.7. The maximum Gasteiger partial charge on any atom is 0.118 e. The van der Waals surface area contributed by atoms with E-state index in [-0.39, 0.29) is 0 Å². The normalized spacial score (nSPS) is 14.2. The summed E-state index contributed by atoms with van der Waals surface area (Å²) in [5.41, 5.74) is 0. The summed E-state index contributed by atoms with van der Waals surface area (Å²) < 4.78 is 5.82. The van der Waals surface area contributed by atoms with Crippen LogP contribution < -0.4 is 0 Å². The Labute approximate surface area is 159 Å². The summed E-state index contributed by atoms with van der Waals surface area (Å²) in [6.45, 7) is 30.4. The molecule has 0 heterocycles. The fourth-order valence-electron chi connectivity index (χ4n) is 3.74. The quantitative estimate of drug-likeness (QED) is 0.305. The first-order valence-corrected chi connectivity index (χ1v) is 23.6. The van der Waals surface area contributed by atoms with Crippen molar-refractivity contribution in [1.82, 2.24) is 8.80 Å². The van der Waals surface area contributed by atoms with E-state index >= 15 is 0 Å². The van der Waals surface area contributed by atoms with Crippen molar-refractivity contribution < 1.29 is 0 Å². The lowest BCUT2D eigenvalue weighted by atomic mass is 10.2. The van der Waals surface area contributed by atoms with Crippen LogP contribution >= 0.6 is 0 Å². The molecule has 0 aromatic rings. The zero-order chi connectivity index (χ0) is 19.2. The maximum atomic E-state index is 2.94. The van der Waals surface area contributed by atoms with E-state index in [1.807, 2.05) is 0 Å². The highest BCUT2D eigenvalue weighted by molar-refractivity contribution is 6.89. The average Bonchev–Trinajstić information content (AvgIpc) is 2.31. The van der Waals surface area contributed by atoms with Gasteiger partial charge in [-0.1, -0.05) is 84.9 Å². The first kappa shape index (κ1) is 24.8. The van der Waals surface area contributed by atoms with Gasteiger partial charge in [0.25, 0.3) is 0 Å². The summed E-state index contributed by atoms with van der Waals surface area (Å²) >= 11 is 0. The Hall–Kier alpha value is 0.788. The van der Waals surface area contributed by atoms with Crippen LogP contribution in [0.1, 0.15) is 25.7 Å². The van der Waals surface area contributed by atoms with Crippen molar-refractivity contribution >= 4 is 33.5 Å². The molecule has 24 heavy (non-hydrogen) atoms. The Balaban J connectivity index is 4.20. The molecule has 0 bridgehead atoms. The van der Waals surface area contributed by atoms with Crippen LogP contribution in [0, 0.1) is 0 Å². The Bertz CT molecular complexity index is 326. The average molecular weight is 405 g/mol. The van der Waals surface area contributed by atoms with Gasteiger partial charge in [-0.05, 0) is 32.1 Å². The van der Waals surface area contributed by atoms with Gasteiger partial charge in [0.1, 0.15) is 24.7 Å². The summed E-state index contributed by atoms with van der Waals surface area (Å²) in [4.78, 5) is 0. The fraction of sp³-hybridized carbons (Fsp3) is 1.00. The number of rotatable bonds is 12. The third-order valence-electron chi connectivity index (χ3n) is 4.71. The zero-order valence-electron chi connectivity index (χ0n) is 18.9. The summed E-state index contributed by atoms with van der Waals surface area (Å²) in [5.74, 6) is 0. The Morgan fingerprint density at radius 1 is 0.583 bits per heavy atom. The molecule has 146 valence electrons. The molecular weight excluding hydrogens is 357 g/mol. The van der Waals surface area contributed by atoms with Crippen LogP contribution in [0.25, 0.3) is 0 Å². The zero-order valence-corrected chi connectivity index (χ0v) is 23.1. The molecule has 2 nitrogen and oxygen atoms in total. The van der Waals surface area contributed by atoms with Gasteiger partial charge in [-0.2, -0.15) is 0 Å². The number of nitrogens with zero attached hydrogens (tertiary/aromatic N) is 2. The fourth-order valence-corrected chi connectivity index (χ4v) is 18.6. The maximum absolute atomic E-state index is 2.94. The van der Waals surface area contributed by atoms with Gasteiger partial charge in [0, 0.05) is 8.80 Å². The second kappa shape index (κ2) is 10.2. The highest BCUT2D eigenvalue weighted by Crippen LogP contribution is 2.21. The third-order valence-corrected chi connectivity index (χ3v) is 16.3. The summed E-state index contributed by atoms with van der Waals surface area (Å²) in [7, 11) is -3.91. The number of hydrogen-bond acceptors (Lipinski definition) is 2. The summed E-state index contributed by atoms with van der Waals surface area (Å²) in [5, 5.41) is 0. The number of hydrogen-bond donors (Lipinski definition) is 0. The first-order valence-electron chi connectivity index (χ1n) is 10.2. The molecule has 0 atom stereocenters. The molecule has 0 fully saturated rings. The Morgan fingerprint density at radius 2 is 1.00 bits per heavy atom. The van der Waals surface area contributed by atoms with E-state index < -0.39 is 33.5 Å². The van der Waals surface area contributed by atoms with Gasteiger partial charge in [-0.25, -0.2) is 0 Å². The van der Waals surface area contributed by atoms with Gasteiger partial charge in [0.2, 0.25) is 0 Å². The molecule has 0 amide bonds. The first-order chi connectivity index (χ1) is 10.7. The molecule has 6 heteroatoms. The van der Waals surface area contributed by atoms with Crippen LogP contribution in [0.3, 0.4) is 0 Å². The van der Waals surface area contributed by atoms with Gasteiger partial charge in [-0.15, -0.1) is 0 Å². The summed E-state index contributed by atoms with van der Waals surface area (Å²) in [6.07, 6.45) is 7.08. The van der Waals surface area contributed by atoms with E-state index in [1.54, 1.807) is 0 Å². The Kier molecular flexibility index (Phi) is 10.5. The van der Waals surface area contributed by atoms with Crippen LogP contribution in [-0.2, 0) is 0 Å². The molecule has 0 radical (unpaired) electrons. The van der Waals surface area contributed by atoms with E-state index in [0.29, 0.717) is 0 Å². The lowest BCUT2D eigenvalue weighted by Gasteiger charge is -2.43. The number of unbranched alkanes of at least 4 members (excludes halogenated alkanes) is 3. The molecule has 0 aromatic heterocycles. The second-order valence-electron chi connectivity index (χ2n) is 10.9. The van der Waals surface area contributed by atoms with E-state index in [4.69, 9.17) is 0 Å². The predicted molar refractivity (Wildman–Crippen MR) is 126 cm³/mol. The van der Waals surface area contributed by atoms with Crippen LogP contribution in [0.15, 0.2) is 0 Å². The SMILES string of the molecule is C[SiH](C)CN(CCCCCCN([Si](C)(C)C)[Si](C)(C)C)[Si](C)(C)C. The molecule has 0 saturated heterocycles. The monoisotopic (exact) mass is 404 g/mol. The van der Waals surface area contributed by atoms with Gasteiger partial charge in [-0.3, -0.25) is 0 Å². The van der Waals surface area contributed by atoms with Crippen molar-refractivity contribution in [2.24, 2.45) is 0 Å². The van der Waals surface area contributed by atoms with Gasteiger partial charge >= 0.3 is 0 Å². The molecule has 0 aliphatic carbocycles. The highest BCUT2D eigenvalue weighted by Gasteiger charge is 2.33. The van der Waals surface area contributed by atoms with E-state index in [1.165, 1.54) is 44.9 Å². The van der Waals surface area contributed by atoms with Gasteiger partial charge in [0.15, 0.2) is 0 Å². The van der Waals surface area contributed by atoms with E-state index in [0.717, 1.165) is 0 Å². The smallest absolute Gasteiger partial charge is 0.118 e. The van der Waals surface area contributed by atoms with Crippen molar-refractivity contribution in [2.45, 2.75) is 97.7 Å².